The van der Waals surface area contributed by atoms with Crippen molar-refractivity contribution in [3.63, 3.8) is 0 Å². The van der Waals surface area contributed by atoms with Gasteiger partial charge in [-0.05, 0) is 26.3 Å². The summed E-state index contributed by atoms with van der Waals surface area (Å²) in [6, 6.07) is 4.18. The lowest BCUT2D eigenvalue weighted by Gasteiger charge is -2.20. The first kappa shape index (κ1) is 13.5. The van der Waals surface area contributed by atoms with Gasteiger partial charge in [0, 0.05) is 11.6 Å². The second kappa shape index (κ2) is 5.68. The smallest absolute Gasteiger partial charge is 0.325 e. The van der Waals surface area contributed by atoms with Gasteiger partial charge >= 0.3 is 5.97 Å². The van der Waals surface area contributed by atoms with Crippen LogP contribution in [0.2, 0.25) is 0 Å². The first-order valence-electron chi connectivity index (χ1n) is 5.74. The van der Waals surface area contributed by atoms with Crippen LogP contribution >= 0.6 is 0 Å². The maximum absolute atomic E-state index is 11.2. The predicted molar refractivity (Wildman–Crippen MR) is 66.1 cm³/mol. The Morgan fingerprint density at radius 3 is 2.65 bits per heavy atom. The molecule has 94 valence electrons. The molecule has 0 aliphatic carbocycles. The lowest BCUT2D eigenvalue weighted by Crippen LogP contribution is -2.35. The van der Waals surface area contributed by atoms with Crippen molar-refractivity contribution in [2.24, 2.45) is 0 Å². The maximum atomic E-state index is 11.2. The van der Waals surface area contributed by atoms with Gasteiger partial charge in [-0.1, -0.05) is 24.6 Å². The van der Waals surface area contributed by atoms with Crippen molar-refractivity contribution in [2.45, 2.75) is 39.3 Å². The summed E-state index contributed by atoms with van der Waals surface area (Å²) in [5.41, 5.74) is 1.34. The number of nitrogens with one attached hydrogen (secondary N) is 1. The summed E-state index contributed by atoms with van der Waals surface area (Å²) in [5.74, 6) is -0.968. The summed E-state index contributed by atoms with van der Waals surface area (Å²) in [5, 5.41) is 21.9. The van der Waals surface area contributed by atoms with Gasteiger partial charge in [-0.3, -0.25) is 10.1 Å². The molecular weight excluding hydrogens is 218 g/mol. The Bertz CT molecular complexity index is 404. The SMILES string of the molecule is CCC(C)NC(C(=O)O)c1cc(C)ccc1O. The minimum Gasteiger partial charge on any atom is -0.508 e. The van der Waals surface area contributed by atoms with Crippen molar-refractivity contribution in [3.8, 4) is 5.75 Å². The summed E-state index contributed by atoms with van der Waals surface area (Å²) in [7, 11) is 0. The van der Waals surface area contributed by atoms with Gasteiger partial charge in [0.15, 0.2) is 0 Å². The van der Waals surface area contributed by atoms with Crippen LogP contribution in [0.5, 0.6) is 5.75 Å². The van der Waals surface area contributed by atoms with Crippen molar-refractivity contribution in [2.75, 3.05) is 0 Å². The Morgan fingerprint density at radius 1 is 1.47 bits per heavy atom. The van der Waals surface area contributed by atoms with Crippen LogP contribution in [-0.4, -0.2) is 22.2 Å². The minimum absolute atomic E-state index is 0.0128. The number of carboxylic acids is 1. The molecule has 2 atom stereocenters. The lowest BCUT2D eigenvalue weighted by molar-refractivity contribution is -0.139. The number of phenolic OH excluding ortho intramolecular Hbond substituents is 1. The van der Waals surface area contributed by atoms with Crippen molar-refractivity contribution in [1.82, 2.24) is 5.32 Å². The first-order chi connectivity index (χ1) is 7.95. The second-order valence-electron chi connectivity index (χ2n) is 4.31. The van der Waals surface area contributed by atoms with E-state index in [2.05, 4.69) is 5.32 Å². The van der Waals surface area contributed by atoms with Crippen LogP contribution in [0, 0.1) is 6.92 Å². The zero-order valence-electron chi connectivity index (χ0n) is 10.4. The molecule has 0 aromatic heterocycles. The molecule has 0 aliphatic rings. The van der Waals surface area contributed by atoms with Gasteiger partial charge in [0.2, 0.25) is 0 Å². The number of benzene rings is 1. The number of hydrogen-bond donors (Lipinski definition) is 3. The molecular formula is C13H19NO3. The number of aliphatic carboxylic acids is 1. The van der Waals surface area contributed by atoms with Crippen LogP contribution in [-0.2, 0) is 4.79 Å². The molecule has 0 aliphatic heterocycles. The molecule has 3 N–H and O–H groups in total. The minimum atomic E-state index is -0.980. The van der Waals surface area contributed by atoms with Crippen molar-refractivity contribution >= 4 is 5.97 Å². The van der Waals surface area contributed by atoms with Crippen LogP contribution in [0.15, 0.2) is 18.2 Å². The molecule has 0 fully saturated rings. The molecule has 0 spiro atoms. The molecule has 2 unspecified atom stereocenters. The van der Waals surface area contributed by atoms with E-state index in [0.29, 0.717) is 5.56 Å². The Labute approximate surface area is 101 Å². The van der Waals surface area contributed by atoms with Crippen LogP contribution in [0.25, 0.3) is 0 Å². The van der Waals surface area contributed by atoms with Gasteiger partial charge in [-0.15, -0.1) is 0 Å². The molecule has 4 nitrogen and oxygen atoms in total. The third-order valence-electron chi connectivity index (χ3n) is 2.80. The second-order valence-corrected chi connectivity index (χ2v) is 4.31. The predicted octanol–water partition coefficient (Wildman–Crippen LogP) is 2.21. The topological polar surface area (TPSA) is 69.6 Å². The summed E-state index contributed by atoms with van der Waals surface area (Å²) in [4.78, 5) is 11.2. The Hall–Kier alpha value is -1.55. The van der Waals surface area contributed by atoms with Crippen LogP contribution < -0.4 is 5.32 Å². The van der Waals surface area contributed by atoms with Crippen LogP contribution in [0.1, 0.15) is 37.4 Å². The number of hydrogen-bond acceptors (Lipinski definition) is 3. The highest BCUT2D eigenvalue weighted by Crippen LogP contribution is 2.26. The molecule has 0 saturated heterocycles. The monoisotopic (exact) mass is 237 g/mol. The van der Waals surface area contributed by atoms with Crippen molar-refractivity contribution < 1.29 is 15.0 Å². The summed E-state index contributed by atoms with van der Waals surface area (Å²) in [6.07, 6.45) is 0.830. The molecule has 0 bridgehead atoms. The fourth-order valence-corrected chi connectivity index (χ4v) is 1.60. The quantitative estimate of drug-likeness (QED) is 0.734. The molecule has 4 heteroatoms. The highest BCUT2D eigenvalue weighted by molar-refractivity contribution is 5.76. The van der Waals surface area contributed by atoms with Crippen molar-refractivity contribution in [1.29, 1.82) is 0 Å². The van der Waals surface area contributed by atoms with Crippen molar-refractivity contribution in [3.05, 3.63) is 29.3 Å². The summed E-state index contributed by atoms with van der Waals surface area (Å²) in [6.45, 7) is 5.76. The average Bonchev–Trinajstić information content (AvgIpc) is 2.28. The van der Waals surface area contributed by atoms with E-state index in [1.165, 1.54) is 6.07 Å². The van der Waals surface area contributed by atoms with Gasteiger partial charge in [-0.25, -0.2) is 0 Å². The zero-order valence-corrected chi connectivity index (χ0v) is 10.4. The Morgan fingerprint density at radius 2 is 2.12 bits per heavy atom. The van der Waals surface area contributed by atoms with E-state index >= 15 is 0 Å². The summed E-state index contributed by atoms with van der Waals surface area (Å²) >= 11 is 0. The molecule has 0 saturated carbocycles. The van der Waals surface area contributed by atoms with E-state index in [9.17, 15) is 15.0 Å². The third-order valence-corrected chi connectivity index (χ3v) is 2.80. The van der Waals surface area contributed by atoms with E-state index < -0.39 is 12.0 Å². The number of aryl methyl sites for hydroxylation is 1. The van der Waals surface area contributed by atoms with E-state index in [1.807, 2.05) is 20.8 Å². The number of carbonyl (C=O) groups is 1. The lowest BCUT2D eigenvalue weighted by atomic mass is 10.0. The van der Waals surface area contributed by atoms with Crippen LogP contribution in [0.3, 0.4) is 0 Å². The largest absolute Gasteiger partial charge is 0.508 e. The fraction of sp³-hybridized carbons (Fsp3) is 0.462. The normalized spacial score (nSPS) is 14.3. The summed E-state index contributed by atoms with van der Waals surface area (Å²) < 4.78 is 0. The molecule has 0 radical (unpaired) electrons. The van der Waals surface area contributed by atoms with E-state index in [-0.39, 0.29) is 11.8 Å². The molecule has 1 rings (SSSR count). The molecule has 17 heavy (non-hydrogen) atoms. The van der Waals surface area contributed by atoms with Gasteiger partial charge in [0.25, 0.3) is 0 Å². The molecule has 1 aromatic rings. The average molecular weight is 237 g/mol. The van der Waals surface area contributed by atoms with E-state index in [1.54, 1.807) is 12.1 Å². The van der Waals surface area contributed by atoms with Gasteiger partial charge in [0.05, 0.1) is 0 Å². The van der Waals surface area contributed by atoms with E-state index in [4.69, 9.17) is 0 Å². The molecule has 1 aromatic carbocycles. The highest BCUT2D eigenvalue weighted by Gasteiger charge is 2.23. The zero-order chi connectivity index (χ0) is 13.0. The number of carboxylic acid groups (broad SMARTS) is 1. The fourth-order valence-electron chi connectivity index (χ4n) is 1.60. The standard InChI is InChI=1S/C13H19NO3/c1-4-9(3)14-12(13(16)17)10-7-8(2)5-6-11(10)15/h5-7,9,12,14-15H,4H2,1-3H3,(H,16,17). The van der Waals surface area contributed by atoms with Gasteiger partial charge in [0.1, 0.15) is 11.8 Å². The molecule has 0 heterocycles. The van der Waals surface area contributed by atoms with Crippen LogP contribution in [0.4, 0.5) is 0 Å². The van der Waals surface area contributed by atoms with Gasteiger partial charge < -0.3 is 10.2 Å². The Balaban J connectivity index is 3.05. The number of rotatable bonds is 5. The number of phenols is 1. The number of aromatic hydroxyl groups is 1. The highest BCUT2D eigenvalue weighted by atomic mass is 16.4. The third kappa shape index (κ3) is 3.46. The van der Waals surface area contributed by atoms with Gasteiger partial charge in [-0.2, -0.15) is 0 Å². The van der Waals surface area contributed by atoms with E-state index in [0.717, 1.165) is 12.0 Å². The first-order valence-corrected chi connectivity index (χ1v) is 5.74. The maximum Gasteiger partial charge on any atom is 0.325 e. The molecule has 0 amide bonds. The Kier molecular flexibility index (Phi) is 4.52.